The monoisotopic (exact) mass is 165 g/mol. The van der Waals surface area contributed by atoms with Gasteiger partial charge in [0.1, 0.15) is 6.07 Å². The fourth-order valence-electron chi connectivity index (χ4n) is 0.578. The van der Waals surface area contributed by atoms with E-state index in [2.05, 4.69) is 10.5 Å². The lowest BCUT2D eigenvalue weighted by atomic mass is 10.2. The predicted octanol–water partition coefficient (Wildman–Crippen LogP) is 1.56. The van der Waals surface area contributed by atoms with Crippen molar-refractivity contribution in [2.24, 2.45) is 0 Å². The molecule has 0 aromatic heterocycles. The zero-order valence-corrected chi connectivity index (χ0v) is 7.47. The minimum atomic E-state index is -0.610. The first-order valence-corrected chi connectivity index (χ1v) is 3.63. The van der Waals surface area contributed by atoms with Gasteiger partial charge in [-0.1, -0.05) is 5.73 Å². The summed E-state index contributed by atoms with van der Waals surface area (Å²) >= 11 is 0. The van der Waals surface area contributed by atoms with E-state index in [0.29, 0.717) is 0 Å². The van der Waals surface area contributed by atoms with Gasteiger partial charge in [0.15, 0.2) is 5.57 Å². The lowest BCUT2D eigenvalue weighted by Gasteiger charge is -1.95. The van der Waals surface area contributed by atoms with Gasteiger partial charge in [0.2, 0.25) is 0 Å². The van der Waals surface area contributed by atoms with Gasteiger partial charge in [-0.2, -0.15) is 5.26 Å². The Morgan fingerprint density at radius 3 is 2.42 bits per heavy atom. The fraction of sp³-hybridized carbons (Fsp3) is 0.444. The summed E-state index contributed by atoms with van der Waals surface area (Å²) in [7, 11) is 0. The number of hydrogen-bond acceptors (Lipinski definition) is 3. The molecule has 64 valence electrons. The first kappa shape index (κ1) is 10.5. The molecular weight excluding hydrogens is 154 g/mol. The third kappa shape index (κ3) is 3.60. The topological polar surface area (TPSA) is 50.1 Å². The van der Waals surface area contributed by atoms with Crippen LogP contribution in [0.3, 0.4) is 0 Å². The van der Waals surface area contributed by atoms with E-state index in [1.54, 1.807) is 26.8 Å². The van der Waals surface area contributed by atoms with Gasteiger partial charge in [0, 0.05) is 0 Å². The summed E-state index contributed by atoms with van der Waals surface area (Å²) in [5, 5.41) is 8.51. The zero-order chi connectivity index (χ0) is 9.56. The molecule has 0 aromatic carbocycles. The zero-order valence-electron chi connectivity index (χ0n) is 7.47. The molecule has 0 fully saturated rings. The number of ether oxygens (including phenoxy) is 1. The van der Waals surface area contributed by atoms with E-state index in [0.717, 1.165) is 5.57 Å². The Labute approximate surface area is 71.9 Å². The van der Waals surface area contributed by atoms with E-state index in [4.69, 9.17) is 5.26 Å². The van der Waals surface area contributed by atoms with Crippen LogP contribution in [0, 0.1) is 11.3 Å². The molecule has 0 atom stereocenters. The first-order chi connectivity index (χ1) is 5.61. The van der Waals surface area contributed by atoms with Crippen LogP contribution in [0.5, 0.6) is 0 Å². The van der Waals surface area contributed by atoms with Crippen LogP contribution in [-0.4, -0.2) is 12.6 Å². The van der Waals surface area contributed by atoms with Gasteiger partial charge < -0.3 is 4.74 Å². The molecule has 0 aliphatic heterocycles. The van der Waals surface area contributed by atoms with E-state index >= 15 is 0 Å². The number of carbonyl (C=O) groups excluding carboxylic acids is 1. The van der Waals surface area contributed by atoms with Crippen molar-refractivity contribution in [1.29, 1.82) is 5.26 Å². The van der Waals surface area contributed by atoms with Crippen LogP contribution in [-0.2, 0) is 9.53 Å². The molecule has 0 spiro atoms. The van der Waals surface area contributed by atoms with Gasteiger partial charge in [0.25, 0.3) is 0 Å². The predicted molar refractivity (Wildman–Crippen MR) is 44.1 cm³/mol. The van der Waals surface area contributed by atoms with Crippen molar-refractivity contribution in [1.82, 2.24) is 0 Å². The minimum absolute atomic E-state index is 0.0724. The molecule has 3 heteroatoms. The summed E-state index contributed by atoms with van der Waals surface area (Å²) in [6.07, 6.45) is 0. The molecule has 0 aliphatic rings. The number of hydrogen-bond donors (Lipinski definition) is 0. The van der Waals surface area contributed by atoms with E-state index < -0.39 is 5.97 Å². The van der Waals surface area contributed by atoms with Crippen molar-refractivity contribution in [3.63, 3.8) is 0 Å². The standard InChI is InChI=1S/C9H11NO2/c1-4-12-9(11)8(6-10)5-7(2)3/h4H2,1-3H3. The lowest BCUT2D eigenvalue weighted by molar-refractivity contribution is -0.137. The van der Waals surface area contributed by atoms with Crippen LogP contribution in [0.15, 0.2) is 16.9 Å². The fourth-order valence-corrected chi connectivity index (χ4v) is 0.578. The van der Waals surface area contributed by atoms with Crippen molar-refractivity contribution in [2.45, 2.75) is 20.8 Å². The molecular formula is C9H11NO2. The molecule has 0 heterocycles. The third-order valence-corrected chi connectivity index (χ3v) is 0.966. The van der Waals surface area contributed by atoms with Gasteiger partial charge in [-0.15, -0.1) is 0 Å². The second-order valence-corrected chi connectivity index (χ2v) is 2.33. The second kappa shape index (κ2) is 5.17. The Hall–Kier alpha value is -1.52. The number of nitriles is 1. The highest BCUT2D eigenvalue weighted by atomic mass is 16.5. The van der Waals surface area contributed by atoms with Crippen molar-refractivity contribution in [2.75, 3.05) is 6.61 Å². The Bertz CT molecular complexity index is 273. The molecule has 0 amide bonds. The quantitative estimate of drug-likeness (QED) is 0.270. The molecule has 0 N–H and O–H groups in total. The Kier molecular flexibility index (Phi) is 4.52. The maximum absolute atomic E-state index is 11.0. The molecule has 0 radical (unpaired) electrons. The van der Waals surface area contributed by atoms with Gasteiger partial charge >= 0.3 is 5.97 Å². The van der Waals surface area contributed by atoms with Crippen LogP contribution >= 0.6 is 0 Å². The Morgan fingerprint density at radius 1 is 1.50 bits per heavy atom. The van der Waals surface area contributed by atoms with Crippen molar-refractivity contribution in [3.05, 3.63) is 16.9 Å². The summed E-state index contributed by atoms with van der Waals surface area (Å²) < 4.78 is 4.62. The summed E-state index contributed by atoms with van der Waals surface area (Å²) in [6.45, 7) is 5.48. The van der Waals surface area contributed by atoms with Crippen molar-refractivity contribution >= 4 is 5.97 Å². The molecule has 3 nitrogen and oxygen atoms in total. The minimum Gasteiger partial charge on any atom is -0.461 e. The van der Waals surface area contributed by atoms with E-state index in [1.165, 1.54) is 0 Å². The highest BCUT2D eigenvalue weighted by Gasteiger charge is 2.07. The Balaban J connectivity index is 4.73. The normalized spacial score (nSPS) is 7.83. The number of carbonyl (C=O) groups is 1. The van der Waals surface area contributed by atoms with Crippen LogP contribution in [0.2, 0.25) is 0 Å². The highest BCUT2D eigenvalue weighted by molar-refractivity contribution is 5.92. The smallest absolute Gasteiger partial charge is 0.356 e. The molecule has 0 aliphatic carbocycles. The van der Waals surface area contributed by atoms with E-state index in [9.17, 15) is 4.79 Å². The van der Waals surface area contributed by atoms with Crippen LogP contribution < -0.4 is 0 Å². The molecule has 0 rings (SSSR count). The van der Waals surface area contributed by atoms with E-state index in [-0.39, 0.29) is 12.2 Å². The largest absolute Gasteiger partial charge is 0.461 e. The second-order valence-electron chi connectivity index (χ2n) is 2.33. The molecule has 0 saturated heterocycles. The first-order valence-electron chi connectivity index (χ1n) is 3.63. The Morgan fingerprint density at radius 2 is 2.08 bits per heavy atom. The number of nitrogens with zero attached hydrogens (tertiary/aromatic N) is 1. The molecule has 0 aromatic rings. The average Bonchev–Trinajstić information content (AvgIpc) is 2.00. The maximum Gasteiger partial charge on any atom is 0.356 e. The number of rotatable bonds is 2. The van der Waals surface area contributed by atoms with Crippen molar-refractivity contribution < 1.29 is 9.53 Å². The summed E-state index contributed by atoms with van der Waals surface area (Å²) in [6, 6.07) is 1.73. The highest BCUT2D eigenvalue weighted by Crippen LogP contribution is 1.96. The molecule has 0 bridgehead atoms. The van der Waals surface area contributed by atoms with Gasteiger partial charge in [-0.25, -0.2) is 4.79 Å². The molecule has 0 saturated carbocycles. The van der Waals surface area contributed by atoms with Gasteiger partial charge in [-0.3, -0.25) is 0 Å². The lowest BCUT2D eigenvalue weighted by Crippen LogP contribution is -2.05. The maximum atomic E-state index is 11.0. The summed E-state index contributed by atoms with van der Waals surface area (Å²) in [5.41, 5.74) is 3.32. The summed E-state index contributed by atoms with van der Waals surface area (Å²) in [4.78, 5) is 11.0. The third-order valence-electron chi connectivity index (χ3n) is 0.966. The van der Waals surface area contributed by atoms with Gasteiger partial charge in [-0.05, 0) is 26.3 Å². The number of esters is 1. The van der Waals surface area contributed by atoms with Crippen LogP contribution in [0.1, 0.15) is 20.8 Å². The van der Waals surface area contributed by atoms with Gasteiger partial charge in [0.05, 0.1) is 6.61 Å². The molecule has 12 heavy (non-hydrogen) atoms. The average molecular weight is 165 g/mol. The summed E-state index contributed by atoms with van der Waals surface area (Å²) in [5.74, 6) is -0.610. The van der Waals surface area contributed by atoms with Crippen LogP contribution in [0.25, 0.3) is 0 Å². The van der Waals surface area contributed by atoms with E-state index in [1.807, 2.05) is 0 Å². The van der Waals surface area contributed by atoms with Crippen molar-refractivity contribution in [3.8, 4) is 6.07 Å². The SMILES string of the molecule is CCOC(=O)C(=C=C(C)C)C#N. The molecule has 0 unspecified atom stereocenters. The van der Waals surface area contributed by atoms with Crippen LogP contribution in [0.4, 0.5) is 0 Å².